The predicted molar refractivity (Wildman–Crippen MR) is 131 cm³/mol. The molecule has 0 aliphatic heterocycles. The first-order chi connectivity index (χ1) is 16.7. The minimum atomic E-state index is -1.10. The van der Waals surface area contributed by atoms with Gasteiger partial charge in [-0.15, -0.1) is 0 Å². The number of esters is 1. The number of amides is 2. The number of hydrogen-bond donors (Lipinski definition) is 2. The Balaban J connectivity index is 1.54. The van der Waals surface area contributed by atoms with E-state index in [4.69, 9.17) is 10.5 Å². The lowest BCUT2D eigenvalue weighted by Gasteiger charge is -2.28. The van der Waals surface area contributed by atoms with Crippen LogP contribution in [0.25, 0.3) is 11.1 Å². The van der Waals surface area contributed by atoms with Crippen LogP contribution < -0.4 is 11.1 Å². The normalized spacial score (nSPS) is 12.9. The van der Waals surface area contributed by atoms with Crippen molar-refractivity contribution in [2.45, 2.75) is 38.3 Å². The third kappa shape index (κ3) is 4.99. The number of benzene rings is 3. The molecular formula is C28H26N2O5. The van der Waals surface area contributed by atoms with Gasteiger partial charge in [0.05, 0.1) is 0 Å². The van der Waals surface area contributed by atoms with Gasteiger partial charge in [0.2, 0.25) is 5.91 Å². The van der Waals surface area contributed by atoms with Crippen LogP contribution in [0.2, 0.25) is 0 Å². The summed E-state index contributed by atoms with van der Waals surface area (Å²) in [5.41, 5.74) is 7.93. The van der Waals surface area contributed by atoms with Crippen molar-refractivity contribution in [2.24, 2.45) is 5.73 Å². The quantitative estimate of drug-likeness (QED) is 0.381. The molecule has 3 aromatic rings. The summed E-state index contributed by atoms with van der Waals surface area (Å²) in [6.07, 6.45) is -0.121. The maximum absolute atomic E-state index is 13.1. The van der Waals surface area contributed by atoms with Gasteiger partial charge in [-0.3, -0.25) is 14.4 Å². The molecule has 0 spiro atoms. The van der Waals surface area contributed by atoms with E-state index in [0.29, 0.717) is 11.1 Å². The molecule has 1 aliphatic rings. The topological polar surface area (TPSA) is 116 Å². The van der Waals surface area contributed by atoms with Gasteiger partial charge in [0.1, 0.15) is 11.6 Å². The minimum Gasteiger partial charge on any atom is -0.453 e. The first kappa shape index (κ1) is 23.9. The summed E-state index contributed by atoms with van der Waals surface area (Å²) in [7, 11) is 0. The zero-order valence-electron chi connectivity index (χ0n) is 19.5. The van der Waals surface area contributed by atoms with Gasteiger partial charge < -0.3 is 15.8 Å². The van der Waals surface area contributed by atoms with Crippen molar-refractivity contribution in [3.8, 4) is 11.1 Å². The van der Waals surface area contributed by atoms with E-state index in [1.54, 1.807) is 38.1 Å². The van der Waals surface area contributed by atoms with Crippen LogP contribution >= 0.6 is 0 Å². The average Bonchev–Trinajstić information content (AvgIpc) is 3.13. The Kier molecular flexibility index (Phi) is 6.51. The number of carbonyl (C=O) groups excluding carboxylic acids is 4. The van der Waals surface area contributed by atoms with Crippen LogP contribution in [0.4, 0.5) is 0 Å². The molecule has 1 atom stereocenters. The number of carbonyl (C=O) groups is 4. The molecular weight excluding hydrogens is 444 g/mol. The fourth-order valence-electron chi connectivity index (χ4n) is 4.17. The second-order valence-electron chi connectivity index (χ2n) is 8.96. The van der Waals surface area contributed by atoms with Gasteiger partial charge in [0.25, 0.3) is 5.91 Å². The second-order valence-corrected chi connectivity index (χ2v) is 8.96. The zero-order valence-corrected chi connectivity index (χ0v) is 19.5. The molecule has 0 fully saturated rings. The van der Waals surface area contributed by atoms with Crippen LogP contribution in [0.3, 0.4) is 0 Å². The van der Waals surface area contributed by atoms with Gasteiger partial charge in [-0.05, 0) is 49.1 Å². The molecule has 7 nitrogen and oxygen atoms in total. The van der Waals surface area contributed by atoms with E-state index in [-0.39, 0.29) is 24.2 Å². The highest BCUT2D eigenvalue weighted by Gasteiger charge is 2.32. The fourth-order valence-corrected chi connectivity index (χ4v) is 4.17. The molecule has 2 amide bonds. The van der Waals surface area contributed by atoms with Crippen molar-refractivity contribution in [3.63, 3.8) is 0 Å². The highest BCUT2D eigenvalue weighted by Crippen LogP contribution is 2.36. The Bertz CT molecular complexity index is 1310. The highest BCUT2D eigenvalue weighted by atomic mass is 16.6. The van der Waals surface area contributed by atoms with Gasteiger partial charge in [-0.25, -0.2) is 4.79 Å². The molecule has 0 bridgehead atoms. The first-order valence-electron chi connectivity index (χ1n) is 11.3. The molecule has 0 heterocycles. The number of ketones is 1. The molecule has 0 radical (unpaired) electrons. The smallest absolute Gasteiger partial charge is 0.329 e. The van der Waals surface area contributed by atoms with Gasteiger partial charge in [0, 0.05) is 23.1 Å². The summed E-state index contributed by atoms with van der Waals surface area (Å²) in [6, 6.07) is 20.2. The van der Waals surface area contributed by atoms with Gasteiger partial charge in [0.15, 0.2) is 5.78 Å². The Labute approximate surface area is 203 Å². The summed E-state index contributed by atoms with van der Waals surface area (Å²) >= 11 is 0. The largest absolute Gasteiger partial charge is 0.453 e. The van der Waals surface area contributed by atoms with Crippen molar-refractivity contribution >= 4 is 23.6 Å². The fraction of sp³-hybridized carbons (Fsp3) is 0.214. The lowest BCUT2D eigenvalue weighted by atomic mass is 9.98. The lowest BCUT2D eigenvalue weighted by Crippen LogP contribution is -2.44. The maximum atomic E-state index is 13.1. The number of ether oxygens (including phenoxy) is 1. The number of rotatable bonds is 8. The van der Waals surface area contributed by atoms with E-state index in [1.165, 1.54) is 6.07 Å². The van der Waals surface area contributed by atoms with Crippen molar-refractivity contribution in [2.75, 3.05) is 0 Å². The van der Waals surface area contributed by atoms with Crippen LogP contribution in [0.5, 0.6) is 0 Å². The third-order valence-corrected chi connectivity index (χ3v) is 6.08. The van der Waals surface area contributed by atoms with E-state index in [0.717, 1.165) is 16.7 Å². The maximum Gasteiger partial charge on any atom is 0.329 e. The Morgan fingerprint density at radius 3 is 2.20 bits per heavy atom. The Morgan fingerprint density at radius 2 is 1.51 bits per heavy atom. The Morgan fingerprint density at radius 1 is 0.886 bits per heavy atom. The van der Waals surface area contributed by atoms with Gasteiger partial charge in [-0.2, -0.15) is 0 Å². The second kappa shape index (κ2) is 9.54. The molecule has 3 N–H and O–H groups in total. The Hall–Kier alpha value is -4.26. The highest BCUT2D eigenvalue weighted by molar-refractivity contribution is 6.22. The van der Waals surface area contributed by atoms with E-state index >= 15 is 0 Å². The first-order valence-corrected chi connectivity index (χ1v) is 11.3. The van der Waals surface area contributed by atoms with Gasteiger partial charge >= 0.3 is 5.97 Å². The number of primary amides is 1. The van der Waals surface area contributed by atoms with Crippen LogP contribution in [-0.4, -0.2) is 29.6 Å². The summed E-state index contributed by atoms with van der Waals surface area (Å²) < 4.78 is 5.73. The molecule has 7 heteroatoms. The van der Waals surface area contributed by atoms with Crippen molar-refractivity contribution in [3.05, 3.63) is 95.1 Å². The molecule has 0 aromatic heterocycles. The molecule has 3 aromatic carbocycles. The SMILES string of the molecule is CC(C)(OC(=O)[C@H](CCC(N)=O)NC(=O)c1ccc2c(c1)C(=O)c1ccccc1-2)c1ccccc1. The molecule has 1 aliphatic carbocycles. The van der Waals surface area contributed by atoms with Gasteiger partial charge in [-0.1, -0.05) is 60.7 Å². The summed E-state index contributed by atoms with van der Waals surface area (Å²) in [5, 5.41) is 2.66. The summed E-state index contributed by atoms with van der Waals surface area (Å²) in [5.74, 6) is -1.99. The lowest BCUT2D eigenvalue weighted by molar-refractivity contribution is -0.160. The van der Waals surface area contributed by atoms with E-state index in [9.17, 15) is 19.2 Å². The van der Waals surface area contributed by atoms with Crippen LogP contribution in [0.1, 0.15) is 58.5 Å². The minimum absolute atomic E-state index is 0.0138. The number of nitrogens with one attached hydrogen (secondary N) is 1. The van der Waals surface area contributed by atoms with Crippen molar-refractivity contribution in [1.82, 2.24) is 5.32 Å². The summed E-state index contributed by atoms with van der Waals surface area (Å²) in [6.45, 7) is 3.49. The van der Waals surface area contributed by atoms with E-state index < -0.39 is 29.4 Å². The molecule has 0 unspecified atom stereocenters. The zero-order chi connectivity index (χ0) is 25.2. The monoisotopic (exact) mass is 470 g/mol. The van der Waals surface area contributed by atoms with Crippen LogP contribution in [-0.2, 0) is 19.9 Å². The van der Waals surface area contributed by atoms with Crippen molar-refractivity contribution in [1.29, 1.82) is 0 Å². The average molecular weight is 471 g/mol. The molecule has 0 saturated heterocycles. The van der Waals surface area contributed by atoms with Crippen molar-refractivity contribution < 1.29 is 23.9 Å². The molecule has 4 rings (SSSR count). The van der Waals surface area contributed by atoms with E-state index in [1.807, 2.05) is 42.5 Å². The van der Waals surface area contributed by atoms with Crippen LogP contribution in [0.15, 0.2) is 72.8 Å². The molecule has 0 saturated carbocycles. The number of hydrogen-bond acceptors (Lipinski definition) is 5. The molecule has 35 heavy (non-hydrogen) atoms. The number of fused-ring (bicyclic) bond motifs is 3. The third-order valence-electron chi connectivity index (χ3n) is 6.08. The summed E-state index contributed by atoms with van der Waals surface area (Å²) in [4.78, 5) is 50.3. The molecule has 178 valence electrons. The standard InChI is InChI=1S/C28H26N2O5/c1-28(2,18-8-4-3-5-9-18)35-27(34)23(14-15-24(29)31)30-26(33)17-12-13-20-19-10-6-7-11-21(19)25(32)22(20)16-17/h3-13,16,23H,14-15H2,1-2H3,(H2,29,31)(H,30,33)/t23-/m0/s1. The van der Waals surface area contributed by atoms with E-state index in [2.05, 4.69) is 5.32 Å². The number of nitrogens with two attached hydrogens (primary N) is 1. The predicted octanol–water partition coefficient (Wildman–Crippen LogP) is 3.74. The van der Waals surface area contributed by atoms with Crippen LogP contribution in [0, 0.1) is 0 Å².